The van der Waals surface area contributed by atoms with Crippen LogP contribution in [0.4, 0.5) is 0 Å². The monoisotopic (exact) mass is 385 g/mol. The summed E-state index contributed by atoms with van der Waals surface area (Å²) in [6, 6.07) is 16.8. The fourth-order valence-corrected chi connectivity index (χ4v) is 2.95. The molecule has 3 heteroatoms. The molecule has 1 atom stereocenters. The highest BCUT2D eigenvalue weighted by Crippen LogP contribution is 2.25. The molecule has 0 fully saturated rings. The minimum atomic E-state index is 0.473. The van der Waals surface area contributed by atoms with E-state index in [2.05, 4.69) is 59.0 Å². The van der Waals surface area contributed by atoms with Gasteiger partial charge in [-0.2, -0.15) is 0 Å². The van der Waals surface area contributed by atoms with Crippen LogP contribution in [0.5, 0.6) is 0 Å². The molecule has 0 heterocycles. The van der Waals surface area contributed by atoms with E-state index in [1.165, 1.54) is 14.7 Å². The summed E-state index contributed by atoms with van der Waals surface area (Å²) in [5.41, 5.74) is 8.43. The van der Waals surface area contributed by atoms with E-state index in [9.17, 15) is 0 Å². The van der Waals surface area contributed by atoms with Gasteiger partial charge in [-0.15, -0.1) is 0 Å². The SMILES string of the molecule is NCCC(Cc1ccc(Cl)cc1)c1cccc(I)c1. The van der Waals surface area contributed by atoms with Gasteiger partial charge in [0.05, 0.1) is 0 Å². The van der Waals surface area contributed by atoms with Gasteiger partial charge >= 0.3 is 0 Å². The molecule has 0 radical (unpaired) electrons. The Morgan fingerprint density at radius 2 is 1.84 bits per heavy atom. The van der Waals surface area contributed by atoms with Crippen LogP contribution >= 0.6 is 34.2 Å². The van der Waals surface area contributed by atoms with Crippen LogP contribution < -0.4 is 5.73 Å². The summed E-state index contributed by atoms with van der Waals surface area (Å²) in [5.74, 6) is 0.473. The molecule has 2 rings (SSSR count). The first-order chi connectivity index (χ1) is 9.19. The molecule has 19 heavy (non-hydrogen) atoms. The van der Waals surface area contributed by atoms with Crippen molar-refractivity contribution >= 4 is 34.2 Å². The summed E-state index contributed by atoms with van der Waals surface area (Å²) >= 11 is 8.28. The second-order valence-electron chi connectivity index (χ2n) is 4.66. The molecule has 2 aromatic carbocycles. The van der Waals surface area contributed by atoms with E-state index in [4.69, 9.17) is 17.3 Å². The van der Waals surface area contributed by atoms with Crippen molar-refractivity contribution in [3.63, 3.8) is 0 Å². The third-order valence-corrected chi connectivity index (χ3v) is 4.15. The van der Waals surface area contributed by atoms with Crippen LogP contribution in [-0.2, 0) is 6.42 Å². The van der Waals surface area contributed by atoms with Gasteiger partial charge in [0.15, 0.2) is 0 Å². The molecule has 0 bridgehead atoms. The van der Waals surface area contributed by atoms with Gasteiger partial charge in [-0.25, -0.2) is 0 Å². The van der Waals surface area contributed by atoms with E-state index >= 15 is 0 Å². The average molecular weight is 386 g/mol. The van der Waals surface area contributed by atoms with Crippen molar-refractivity contribution in [2.75, 3.05) is 6.54 Å². The predicted octanol–water partition coefficient (Wildman–Crippen LogP) is 4.62. The Balaban J connectivity index is 2.18. The molecule has 0 amide bonds. The molecule has 0 saturated carbocycles. The number of benzene rings is 2. The topological polar surface area (TPSA) is 26.0 Å². The Labute approximate surface area is 133 Å². The van der Waals surface area contributed by atoms with Crippen LogP contribution in [0.2, 0.25) is 5.02 Å². The number of rotatable bonds is 5. The van der Waals surface area contributed by atoms with Gasteiger partial charge in [-0.05, 0) is 83.3 Å². The average Bonchev–Trinajstić information content (AvgIpc) is 2.41. The maximum Gasteiger partial charge on any atom is 0.0406 e. The second kappa shape index (κ2) is 7.27. The summed E-state index contributed by atoms with van der Waals surface area (Å²) in [6.45, 7) is 0.712. The minimum Gasteiger partial charge on any atom is -0.330 e. The highest BCUT2D eigenvalue weighted by Gasteiger charge is 2.12. The van der Waals surface area contributed by atoms with Crippen molar-refractivity contribution in [3.05, 3.63) is 68.3 Å². The summed E-state index contributed by atoms with van der Waals surface area (Å²) < 4.78 is 1.27. The van der Waals surface area contributed by atoms with E-state index in [-0.39, 0.29) is 0 Å². The van der Waals surface area contributed by atoms with Gasteiger partial charge in [-0.1, -0.05) is 35.9 Å². The second-order valence-corrected chi connectivity index (χ2v) is 6.34. The lowest BCUT2D eigenvalue weighted by Gasteiger charge is -2.17. The van der Waals surface area contributed by atoms with Gasteiger partial charge in [-0.3, -0.25) is 0 Å². The molecule has 0 aromatic heterocycles. The minimum absolute atomic E-state index is 0.473. The molecular weight excluding hydrogens is 369 g/mol. The van der Waals surface area contributed by atoms with Crippen LogP contribution in [0.3, 0.4) is 0 Å². The molecule has 2 aromatic rings. The van der Waals surface area contributed by atoms with Gasteiger partial charge < -0.3 is 5.73 Å². The third kappa shape index (κ3) is 4.48. The normalized spacial score (nSPS) is 12.4. The molecule has 100 valence electrons. The van der Waals surface area contributed by atoms with Crippen molar-refractivity contribution in [3.8, 4) is 0 Å². The number of hydrogen-bond acceptors (Lipinski definition) is 1. The standard InChI is InChI=1S/C16H17ClIN/c17-15-6-4-12(5-7-15)10-14(8-9-19)13-2-1-3-16(18)11-13/h1-7,11,14H,8-10,19H2. The number of hydrogen-bond donors (Lipinski definition) is 1. The fraction of sp³-hybridized carbons (Fsp3) is 0.250. The first-order valence-corrected chi connectivity index (χ1v) is 7.84. The van der Waals surface area contributed by atoms with Crippen molar-refractivity contribution in [1.82, 2.24) is 0 Å². The molecule has 1 nitrogen and oxygen atoms in total. The van der Waals surface area contributed by atoms with Crippen molar-refractivity contribution < 1.29 is 0 Å². The van der Waals surface area contributed by atoms with Crippen LogP contribution in [0.15, 0.2) is 48.5 Å². The smallest absolute Gasteiger partial charge is 0.0406 e. The summed E-state index contributed by atoms with van der Waals surface area (Å²) in [6.07, 6.45) is 2.01. The zero-order chi connectivity index (χ0) is 13.7. The Morgan fingerprint density at radius 1 is 1.11 bits per heavy atom. The molecule has 1 unspecified atom stereocenters. The highest BCUT2D eigenvalue weighted by atomic mass is 127. The van der Waals surface area contributed by atoms with Crippen molar-refractivity contribution in [2.45, 2.75) is 18.8 Å². The Bertz CT molecular complexity index is 525. The van der Waals surface area contributed by atoms with Crippen LogP contribution in [0.1, 0.15) is 23.5 Å². The third-order valence-electron chi connectivity index (χ3n) is 3.23. The molecule has 0 spiro atoms. The maximum atomic E-state index is 5.93. The quantitative estimate of drug-likeness (QED) is 0.747. The van der Waals surface area contributed by atoms with E-state index in [1.54, 1.807) is 0 Å². The molecule has 0 aliphatic heterocycles. The summed E-state index contributed by atoms with van der Waals surface area (Å²) in [7, 11) is 0. The van der Waals surface area contributed by atoms with E-state index in [0.29, 0.717) is 12.5 Å². The lowest BCUT2D eigenvalue weighted by Crippen LogP contribution is -2.10. The molecule has 2 N–H and O–H groups in total. The Hall–Kier alpha value is -0.580. The van der Waals surface area contributed by atoms with Gasteiger partial charge in [0.2, 0.25) is 0 Å². The van der Waals surface area contributed by atoms with Gasteiger partial charge in [0.25, 0.3) is 0 Å². The zero-order valence-corrected chi connectivity index (χ0v) is 13.6. The molecule has 0 aliphatic rings. The first kappa shape index (κ1) is 14.8. The Morgan fingerprint density at radius 3 is 2.47 bits per heavy atom. The first-order valence-electron chi connectivity index (χ1n) is 6.39. The van der Waals surface area contributed by atoms with E-state index in [0.717, 1.165) is 17.9 Å². The van der Waals surface area contributed by atoms with Crippen LogP contribution in [0, 0.1) is 3.57 Å². The lowest BCUT2D eigenvalue weighted by molar-refractivity contribution is 0.630. The fourth-order valence-electron chi connectivity index (χ4n) is 2.25. The zero-order valence-electron chi connectivity index (χ0n) is 10.7. The van der Waals surface area contributed by atoms with Crippen LogP contribution in [-0.4, -0.2) is 6.54 Å². The summed E-state index contributed by atoms with van der Waals surface area (Å²) in [4.78, 5) is 0. The number of nitrogens with two attached hydrogens (primary N) is 1. The van der Waals surface area contributed by atoms with Gasteiger partial charge in [0, 0.05) is 8.59 Å². The highest BCUT2D eigenvalue weighted by molar-refractivity contribution is 14.1. The lowest BCUT2D eigenvalue weighted by atomic mass is 9.89. The molecular formula is C16H17ClIN. The van der Waals surface area contributed by atoms with E-state index in [1.807, 2.05) is 12.1 Å². The van der Waals surface area contributed by atoms with Crippen molar-refractivity contribution in [2.24, 2.45) is 5.73 Å². The summed E-state index contributed by atoms with van der Waals surface area (Å²) in [5, 5.41) is 0.786. The maximum absolute atomic E-state index is 5.93. The Kier molecular flexibility index (Phi) is 5.67. The number of halogens is 2. The molecule has 0 saturated heterocycles. The van der Waals surface area contributed by atoms with Gasteiger partial charge in [0.1, 0.15) is 0 Å². The largest absolute Gasteiger partial charge is 0.330 e. The predicted molar refractivity (Wildman–Crippen MR) is 90.7 cm³/mol. The molecule has 0 aliphatic carbocycles. The van der Waals surface area contributed by atoms with Crippen LogP contribution in [0.25, 0.3) is 0 Å². The van der Waals surface area contributed by atoms with E-state index < -0.39 is 0 Å². The van der Waals surface area contributed by atoms with Crippen molar-refractivity contribution in [1.29, 1.82) is 0 Å².